The fourth-order valence-corrected chi connectivity index (χ4v) is 2.87. The average Bonchev–Trinajstić information content (AvgIpc) is 2.82. The van der Waals surface area contributed by atoms with E-state index >= 15 is 0 Å². The van der Waals surface area contributed by atoms with Gasteiger partial charge in [0.1, 0.15) is 0 Å². The van der Waals surface area contributed by atoms with Crippen LogP contribution in [0, 0.1) is 11.8 Å². The van der Waals surface area contributed by atoms with E-state index in [9.17, 15) is 4.79 Å². The van der Waals surface area contributed by atoms with Crippen LogP contribution in [0.3, 0.4) is 0 Å². The summed E-state index contributed by atoms with van der Waals surface area (Å²) in [5, 5.41) is 6.32. The summed E-state index contributed by atoms with van der Waals surface area (Å²) in [6.45, 7) is 5.95. The van der Waals surface area contributed by atoms with Gasteiger partial charge in [-0.2, -0.15) is 0 Å². The van der Waals surface area contributed by atoms with Gasteiger partial charge in [0.2, 0.25) is 0 Å². The molecule has 1 amide bonds. The number of carbonyl (C=O) groups excluding carboxylic acids is 1. The number of hydrogen-bond donors (Lipinski definition) is 2. The van der Waals surface area contributed by atoms with Gasteiger partial charge in [0.15, 0.2) is 0 Å². The molecule has 104 valence electrons. The lowest BCUT2D eigenvalue weighted by Gasteiger charge is -2.17. The van der Waals surface area contributed by atoms with Crippen molar-refractivity contribution in [2.45, 2.75) is 33.1 Å². The predicted molar refractivity (Wildman–Crippen MR) is 79.4 cm³/mol. The standard InChI is InChI=1S/C16H24N2O/c1-3-17-15-10-5-4-9-14(15)16(19)18-11-13-8-6-7-12(13)2/h4-5,9-10,12-13,17H,3,6-8,11H2,1-2H3,(H,18,19). The molecule has 1 aromatic carbocycles. The number of anilines is 1. The molecule has 19 heavy (non-hydrogen) atoms. The first-order valence-corrected chi connectivity index (χ1v) is 7.33. The van der Waals surface area contributed by atoms with Gasteiger partial charge in [0.05, 0.1) is 5.56 Å². The van der Waals surface area contributed by atoms with E-state index in [1.54, 1.807) is 0 Å². The summed E-state index contributed by atoms with van der Waals surface area (Å²) in [6, 6.07) is 7.70. The van der Waals surface area contributed by atoms with E-state index in [1.807, 2.05) is 31.2 Å². The summed E-state index contributed by atoms with van der Waals surface area (Å²) in [4.78, 5) is 12.3. The molecular weight excluding hydrogens is 236 g/mol. The summed E-state index contributed by atoms with van der Waals surface area (Å²) in [7, 11) is 0. The zero-order chi connectivity index (χ0) is 13.7. The van der Waals surface area contributed by atoms with Crippen LogP contribution in [0.5, 0.6) is 0 Å². The van der Waals surface area contributed by atoms with Crippen molar-refractivity contribution in [1.29, 1.82) is 0 Å². The predicted octanol–water partition coefficient (Wildman–Crippen LogP) is 3.28. The second-order valence-corrected chi connectivity index (χ2v) is 5.45. The second-order valence-electron chi connectivity index (χ2n) is 5.45. The van der Waals surface area contributed by atoms with E-state index in [0.717, 1.165) is 30.3 Å². The molecule has 2 rings (SSSR count). The molecule has 1 aliphatic rings. The maximum Gasteiger partial charge on any atom is 0.253 e. The van der Waals surface area contributed by atoms with Crippen LogP contribution in [0.2, 0.25) is 0 Å². The molecule has 0 saturated heterocycles. The summed E-state index contributed by atoms with van der Waals surface area (Å²) in [5.41, 5.74) is 1.66. The van der Waals surface area contributed by atoms with Crippen molar-refractivity contribution in [3.8, 4) is 0 Å². The van der Waals surface area contributed by atoms with Gasteiger partial charge in [-0.3, -0.25) is 4.79 Å². The summed E-state index contributed by atoms with van der Waals surface area (Å²) >= 11 is 0. The largest absolute Gasteiger partial charge is 0.385 e. The van der Waals surface area contributed by atoms with Gasteiger partial charge < -0.3 is 10.6 Å². The lowest BCUT2D eigenvalue weighted by molar-refractivity contribution is 0.0945. The van der Waals surface area contributed by atoms with Crippen LogP contribution in [0.1, 0.15) is 43.5 Å². The molecule has 1 fully saturated rings. The van der Waals surface area contributed by atoms with Crippen molar-refractivity contribution in [3.63, 3.8) is 0 Å². The fraction of sp³-hybridized carbons (Fsp3) is 0.562. The van der Waals surface area contributed by atoms with Crippen LogP contribution in [0.15, 0.2) is 24.3 Å². The Kier molecular flexibility index (Phi) is 4.83. The highest BCUT2D eigenvalue weighted by Gasteiger charge is 2.23. The van der Waals surface area contributed by atoms with Crippen LogP contribution in [0.4, 0.5) is 5.69 Å². The number of carbonyl (C=O) groups is 1. The average molecular weight is 260 g/mol. The summed E-state index contributed by atoms with van der Waals surface area (Å²) in [6.07, 6.45) is 3.85. The van der Waals surface area contributed by atoms with E-state index in [1.165, 1.54) is 19.3 Å². The molecule has 0 aromatic heterocycles. The van der Waals surface area contributed by atoms with Gasteiger partial charge in [-0.15, -0.1) is 0 Å². The van der Waals surface area contributed by atoms with E-state index < -0.39 is 0 Å². The van der Waals surface area contributed by atoms with E-state index in [0.29, 0.717) is 5.92 Å². The molecule has 2 unspecified atom stereocenters. The maximum absolute atomic E-state index is 12.3. The van der Waals surface area contributed by atoms with Gasteiger partial charge in [0, 0.05) is 18.8 Å². The molecular formula is C16H24N2O. The van der Waals surface area contributed by atoms with Crippen molar-refractivity contribution in [1.82, 2.24) is 5.32 Å². The van der Waals surface area contributed by atoms with Crippen molar-refractivity contribution in [3.05, 3.63) is 29.8 Å². The molecule has 0 bridgehead atoms. The molecule has 3 heteroatoms. The monoisotopic (exact) mass is 260 g/mol. The van der Waals surface area contributed by atoms with Crippen LogP contribution >= 0.6 is 0 Å². The molecule has 3 nitrogen and oxygen atoms in total. The van der Waals surface area contributed by atoms with Gasteiger partial charge in [-0.05, 0) is 37.3 Å². The molecule has 0 spiro atoms. The molecule has 2 N–H and O–H groups in total. The Labute approximate surface area is 115 Å². The van der Waals surface area contributed by atoms with Gasteiger partial charge >= 0.3 is 0 Å². The minimum Gasteiger partial charge on any atom is -0.385 e. The smallest absolute Gasteiger partial charge is 0.253 e. The Bertz CT molecular complexity index is 431. The number of rotatable bonds is 5. The van der Waals surface area contributed by atoms with E-state index in [2.05, 4.69) is 17.6 Å². The van der Waals surface area contributed by atoms with Crippen LogP contribution in [0.25, 0.3) is 0 Å². The third kappa shape index (κ3) is 3.49. The zero-order valence-corrected chi connectivity index (χ0v) is 11.9. The topological polar surface area (TPSA) is 41.1 Å². The first-order valence-electron chi connectivity index (χ1n) is 7.33. The minimum atomic E-state index is 0.0376. The first-order chi connectivity index (χ1) is 9.22. The molecule has 1 saturated carbocycles. The zero-order valence-electron chi connectivity index (χ0n) is 11.9. The van der Waals surface area contributed by atoms with Gasteiger partial charge in [-0.25, -0.2) is 0 Å². The molecule has 1 aromatic rings. The third-order valence-corrected chi connectivity index (χ3v) is 4.10. The first kappa shape index (κ1) is 13.9. The quantitative estimate of drug-likeness (QED) is 0.853. The Balaban J connectivity index is 1.95. The van der Waals surface area contributed by atoms with Crippen molar-refractivity contribution in [2.24, 2.45) is 11.8 Å². The van der Waals surface area contributed by atoms with Crippen molar-refractivity contribution < 1.29 is 4.79 Å². The minimum absolute atomic E-state index is 0.0376. The fourth-order valence-electron chi connectivity index (χ4n) is 2.87. The molecule has 2 atom stereocenters. The Morgan fingerprint density at radius 1 is 1.32 bits per heavy atom. The Morgan fingerprint density at radius 2 is 2.11 bits per heavy atom. The third-order valence-electron chi connectivity index (χ3n) is 4.10. The number of nitrogens with one attached hydrogen (secondary N) is 2. The Morgan fingerprint density at radius 3 is 2.79 bits per heavy atom. The van der Waals surface area contributed by atoms with Crippen LogP contribution < -0.4 is 10.6 Å². The number of amides is 1. The summed E-state index contributed by atoms with van der Waals surface area (Å²) < 4.78 is 0. The molecule has 0 radical (unpaired) electrons. The highest BCUT2D eigenvalue weighted by atomic mass is 16.1. The number of hydrogen-bond acceptors (Lipinski definition) is 2. The number of para-hydroxylation sites is 1. The molecule has 1 aliphatic carbocycles. The molecule has 0 aliphatic heterocycles. The lowest BCUT2D eigenvalue weighted by Crippen LogP contribution is -2.30. The Hall–Kier alpha value is -1.51. The second kappa shape index (κ2) is 6.60. The van der Waals surface area contributed by atoms with Gasteiger partial charge in [0.25, 0.3) is 5.91 Å². The maximum atomic E-state index is 12.3. The number of benzene rings is 1. The molecule has 0 heterocycles. The van der Waals surface area contributed by atoms with Crippen molar-refractivity contribution >= 4 is 11.6 Å². The van der Waals surface area contributed by atoms with Crippen molar-refractivity contribution in [2.75, 3.05) is 18.4 Å². The van der Waals surface area contributed by atoms with Crippen LogP contribution in [-0.4, -0.2) is 19.0 Å². The normalized spacial score (nSPS) is 22.2. The highest BCUT2D eigenvalue weighted by Crippen LogP contribution is 2.30. The van der Waals surface area contributed by atoms with E-state index in [-0.39, 0.29) is 5.91 Å². The summed E-state index contributed by atoms with van der Waals surface area (Å²) in [5.74, 6) is 1.43. The van der Waals surface area contributed by atoms with E-state index in [4.69, 9.17) is 0 Å². The van der Waals surface area contributed by atoms with Crippen LogP contribution in [-0.2, 0) is 0 Å². The lowest BCUT2D eigenvalue weighted by atomic mass is 9.98. The van der Waals surface area contributed by atoms with Gasteiger partial charge in [-0.1, -0.05) is 31.9 Å². The highest BCUT2D eigenvalue weighted by molar-refractivity contribution is 5.99. The SMILES string of the molecule is CCNc1ccccc1C(=O)NCC1CCCC1C.